The van der Waals surface area contributed by atoms with Gasteiger partial charge in [0.2, 0.25) is 0 Å². The van der Waals surface area contributed by atoms with E-state index in [1.807, 2.05) is 6.07 Å². The summed E-state index contributed by atoms with van der Waals surface area (Å²) in [6, 6.07) is 8.50. The van der Waals surface area contributed by atoms with Crippen molar-refractivity contribution in [2.45, 2.75) is 38.0 Å². The minimum absolute atomic E-state index is 0.390. The molecular weight excluding hydrogens is 194 g/mol. The van der Waals surface area contributed by atoms with Gasteiger partial charge in [-0.15, -0.1) is 13.2 Å². The molecule has 0 unspecified atom stereocenters. The van der Waals surface area contributed by atoms with Crippen molar-refractivity contribution in [3.63, 3.8) is 0 Å². The predicted molar refractivity (Wildman–Crippen MR) is 72.7 cm³/mol. The van der Waals surface area contributed by atoms with Crippen LogP contribution in [0.4, 0.5) is 5.69 Å². The van der Waals surface area contributed by atoms with E-state index in [1.165, 1.54) is 31.2 Å². The smallest absolute Gasteiger partial charge is 0.0625 e. The molecule has 86 valence electrons. The predicted octanol–water partition coefficient (Wildman–Crippen LogP) is 4.65. The molecule has 0 saturated heterocycles. The van der Waals surface area contributed by atoms with Crippen LogP contribution in [0.15, 0.2) is 42.4 Å². The minimum Gasteiger partial charge on any atom is -0.265 e. The van der Waals surface area contributed by atoms with Crippen molar-refractivity contribution in [2.75, 3.05) is 0 Å². The van der Waals surface area contributed by atoms with Gasteiger partial charge >= 0.3 is 0 Å². The van der Waals surface area contributed by atoms with Crippen LogP contribution in [-0.2, 0) is 5.41 Å². The lowest BCUT2D eigenvalue weighted by atomic mass is 9.81. The molecule has 2 rings (SSSR count). The summed E-state index contributed by atoms with van der Waals surface area (Å²) in [4.78, 5) is 3.98. The van der Waals surface area contributed by atoms with Crippen LogP contribution in [0.2, 0.25) is 0 Å². The second-order valence-electron chi connectivity index (χ2n) is 4.48. The van der Waals surface area contributed by atoms with Gasteiger partial charge in [-0.3, -0.25) is 4.99 Å². The monoisotopic (exact) mass is 215 g/mol. The van der Waals surface area contributed by atoms with Crippen LogP contribution in [0.1, 0.15) is 38.2 Å². The Labute approximate surface area is 98.9 Å². The van der Waals surface area contributed by atoms with Gasteiger partial charge in [0.15, 0.2) is 0 Å². The fraction of sp³-hybridized carbons (Fsp3) is 0.400. The van der Waals surface area contributed by atoms with Crippen LogP contribution >= 0.6 is 0 Å². The van der Waals surface area contributed by atoms with Crippen molar-refractivity contribution in [1.29, 1.82) is 0 Å². The molecule has 0 amide bonds. The molecule has 1 aromatic carbocycles. The highest BCUT2D eigenvalue weighted by Gasteiger charge is 2.30. The van der Waals surface area contributed by atoms with Crippen molar-refractivity contribution < 1.29 is 0 Å². The van der Waals surface area contributed by atoms with Gasteiger partial charge in [0.25, 0.3) is 0 Å². The van der Waals surface area contributed by atoms with Gasteiger partial charge in [-0.05, 0) is 42.7 Å². The summed E-state index contributed by atoms with van der Waals surface area (Å²) in [6.07, 6.45) is 5.35. The lowest BCUT2D eigenvalue weighted by Gasteiger charge is -2.24. The Morgan fingerprint density at radius 3 is 2.38 bits per heavy atom. The molecule has 1 saturated carbocycles. The number of rotatable bonds is 2. The Morgan fingerprint density at radius 1 is 1.19 bits per heavy atom. The highest BCUT2D eigenvalue weighted by atomic mass is 14.7. The SMILES string of the molecule is C=C.C=Nc1cccc(C2(C)CCCC2)c1. The lowest BCUT2D eigenvalue weighted by molar-refractivity contribution is 0.491. The Hall–Kier alpha value is -1.37. The number of hydrogen-bond donors (Lipinski definition) is 0. The van der Waals surface area contributed by atoms with Crippen molar-refractivity contribution in [2.24, 2.45) is 4.99 Å². The summed E-state index contributed by atoms with van der Waals surface area (Å²) < 4.78 is 0. The van der Waals surface area contributed by atoms with Gasteiger partial charge in [-0.2, -0.15) is 0 Å². The third kappa shape index (κ3) is 2.60. The van der Waals surface area contributed by atoms with E-state index in [2.05, 4.69) is 50.0 Å². The largest absolute Gasteiger partial charge is 0.265 e. The van der Waals surface area contributed by atoms with Gasteiger partial charge in [0.1, 0.15) is 0 Å². The number of aliphatic imine (C=N–C) groups is 1. The first-order chi connectivity index (χ1) is 7.74. The molecule has 0 atom stereocenters. The molecule has 1 aliphatic rings. The van der Waals surface area contributed by atoms with Crippen LogP contribution in [0, 0.1) is 0 Å². The average molecular weight is 215 g/mol. The van der Waals surface area contributed by atoms with Gasteiger partial charge in [-0.1, -0.05) is 31.9 Å². The topological polar surface area (TPSA) is 12.4 Å². The highest BCUT2D eigenvalue weighted by Crippen LogP contribution is 2.41. The van der Waals surface area contributed by atoms with Gasteiger partial charge in [0.05, 0.1) is 5.69 Å². The fourth-order valence-corrected chi connectivity index (χ4v) is 2.42. The molecule has 1 nitrogen and oxygen atoms in total. The van der Waals surface area contributed by atoms with Gasteiger partial charge in [-0.25, -0.2) is 0 Å². The Kier molecular flexibility index (Phi) is 4.48. The van der Waals surface area contributed by atoms with Crippen LogP contribution in [0.3, 0.4) is 0 Å². The van der Waals surface area contributed by atoms with Crippen LogP contribution in [0.25, 0.3) is 0 Å². The maximum Gasteiger partial charge on any atom is 0.0625 e. The zero-order valence-corrected chi connectivity index (χ0v) is 10.2. The number of benzene rings is 1. The number of hydrogen-bond acceptors (Lipinski definition) is 1. The molecule has 0 aromatic heterocycles. The van der Waals surface area contributed by atoms with E-state index < -0.39 is 0 Å². The molecule has 1 heteroatoms. The standard InChI is InChI=1S/C13H17N.C2H4/c1-13(8-3-4-9-13)11-6-5-7-12(10-11)14-2;1-2/h5-7,10H,2-4,8-9H2,1H3;1-2H2. The summed E-state index contributed by atoms with van der Waals surface area (Å²) in [5.41, 5.74) is 2.82. The first-order valence-corrected chi connectivity index (χ1v) is 5.82. The molecule has 0 radical (unpaired) electrons. The molecule has 1 aromatic rings. The summed E-state index contributed by atoms with van der Waals surface area (Å²) >= 11 is 0. The summed E-state index contributed by atoms with van der Waals surface area (Å²) in [6.45, 7) is 11.9. The van der Waals surface area contributed by atoms with Crippen LogP contribution < -0.4 is 0 Å². The molecule has 0 N–H and O–H groups in total. The molecule has 1 aliphatic carbocycles. The second kappa shape index (κ2) is 5.64. The minimum atomic E-state index is 0.390. The van der Waals surface area contributed by atoms with Gasteiger partial charge < -0.3 is 0 Å². The first-order valence-electron chi connectivity index (χ1n) is 5.82. The lowest BCUT2D eigenvalue weighted by Crippen LogP contribution is -2.16. The first kappa shape index (κ1) is 12.7. The Morgan fingerprint density at radius 2 is 1.81 bits per heavy atom. The van der Waals surface area contributed by atoms with E-state index in [4.69, 9.17) is 0 Å². The van der Waals surface area contributed by atoms with Crippen LogP contribution in [-0.4, -0.2) is 6.72 Å². The van der Waals surface area contributed by atoms with E-state index >= 15 is 0 Å². The van der Waals surface area contributed by atoms with Gasteiger partial charge in [0, 0.05) is 0 Å². The second-order valence-corrected chi connectivity index (χ2v) is 4.48. The summed E-state index contributed by atoms with van der Waals surface area (Å²) in [5.74, 6) is 0. The molecule has 0 bridgehead atoms. The zero-order valence-electron chi connectivity index (χ0n) is 10.2. The molecule has 0 aliphatic heterocycles. The average Bonchev–Trinajstić information content (AvgIpc) is 2.80. The third-order valence-electron chi connectivity index (χ3n) is 3.43. The third-order valence-corrected chi connectivity index (χ3v) is 3.43. The zero-order chi connectivity index (χ0) is 12.0. The van der Waals surface area contributed by atoms with Crippen LogP contribution in [0.5, 0.6) is 0 Å². The molecular formula is C15H21N. The highest BCUT2D eigenvalue weighted by molar-refractivity contribution is 5.48. The van der Waals surface area contributed by atoms with Crippen molar-refractivity contribution in [3.05, 3.63) is 43.0 Å². The van der Waals surface area contributed by atoms with E-state index in [1.54, 1.807) is 0 Å². The maximum atomic E-state index is 3.98. The molecule has 0 spiro atoms. The van der Waals surface area contributed by atoms with Crippen molar-refractivity contribution in [3.8, 4) is 0 Å². The van der Waals surface area contributed by atoms with E-state index in [0.717, 1.165) is 5.69 Å². The Bertz CT molecular complexity index is 348. The fourth-order valence-electron chi connectivity index (χ4n) is 2.42. The molecule has 1 fully saturated rings. The summed E-state index contributed by atoms with van der Waals surface area (Å²) in [7, 11) is 0. The Balaban J connectivity index is 0.000000606. The van der Waals surface area contributed by atoms with E-state index in [0.29, 0.717) is 5.41 Å². The van der Waals surface area contributed by atoms with E-state index in [-0.39, 0.29) is 0 Å². The maximum absolute atomic E-state index is 3.98. The van der Waals surface area contributed by atoms with Crippen molar-refractivity contribution in [1.82, 2.24) is 0 Å². The quantitative estimate of drug-likeness (QED) is 0.503. The molecule has 0 heterocycles. The normalized spacial score (nSPS) is 17.3. The summed E-state index contributed by atoms with van der Waals surface area (Å²) in [5, 5.41) is 0. The van der Waals surface area contributed by atoms with Crippen molar-refractivity contribution >= 4 is 12.4 Å². The van der Waals surface area contributed by atoms with E-state index in [9.17, 15) is 0 Å². The number of nitrogens with zero attached hydrogens (tertiary/aromatic N) is 1. The molecule has 16 heavy (non-hydrogen) atoms.